The van der Waals surface area contributed by atoms with E-state index in [9.17, 15) is 4.79 Å². The molecule has 0 aliphatic rings. The third kappa shape index (κ3) is 3.71. The number of hydrogen-bond acceptors (Lipinski definition) is 2. The molecule has 0 fully saturated rings. The van der Waals surface area contributed by atoms with Crippen molar-refractivity contribution in [2.75, 3.05) is 11.9 Å². The summed E-state index contributed by atoms with van der Waals surface area (Å²) >= 11 is 12.0. The lowest BCUT2D eigenvalue weighted by Crippen LogP contribution is -2.26. The Hall–Kier alpha value is -1.58. The highest BCUT2D eigenvalue weighted by Crippen LogP contribution is 2.32. The molecule has 0 saturated carbocycles. The smallest absolute Gasteiger partial charge is 0.258 e. The monoisotopic (exact) mass is 310 g/mol. The van der Waals surface area contributed by atoms with E-state index in [0.29, 0.717) is 21.3 Å². The molecule has 0 unspecified atom stereocenters. The average molecular weight is 311 g/mol. The van der Waals surface area contributed by atoms with Gasteiger partial charge in [-0.05, 0) is 12.1 Å². The van der Waals surface area contributed by atoms with Crippen LogP contribution in [0.3, 0.4) is 0 Å². The van der Waals surface area contributed by atoms with Gasteiger partial charge in [-0.3, -0.25) is 9.78 Å². The Balaban J connectivity index is 0.000000956. The first-order valence-electron chi connectivity index (χ1n) is 6.23. The molecule has 5 heteroatoms. The summed E-state index contributed by atoms with van der Waals surface area (Å²) < 4.78 is 0. The van der Waals surface area contributed by atoms with Gasteiger partial charge < -0.3 is 4.90 Å². The molecule has 3 nitrogen and oxygen atoms in total. The standard InChI is InChI=1S/C13H10Cl2N2O.C2H6/c1-17(12-10(14)7-16-8-11(12)15)13(18)9-5-3-2-4-6-9;1-2/h2-8H,1H3;1-2H3. The highest BCUT2D eigenvalue weighted by atomic mass is 35.5. The Morgan fingerprint density at radius 1 is 1.05 bits per heavy atom. The van der Waals surface area contributed by atoms with E-state index < -0.39 is 0 Å². The molecule has 1 aromatic heterocycles. The van der Waals surface area contributed by atoms with E-state index in [4.69, 9.17) is 23.2 Å². The molecule has 20 heavy (non-hydrogen) atoms. The summed E-state index contributed by atoms with van der Waals surface area (Å²) in [5.74, 6) is -0.175. The Morgan fingerprint density at radius 3 is 2.05 bits per heavy atom. The number of anilines is 1. The maximum atomic E-state index is 12.2. The first-order chi connectivity index (χ1) is 9.61. The van der Waals surface area contributed by atoms with Gasteiger partial charge in [-0.15, -0.1) is 0 Å². The second kappa shape index (κ2) is 7.88. The van der Waals surface area contributed by atoms with Crippen molar-refractivity contribution in [2.45, 2.75) is 13.8 Å². The van der Waals surface area contributed by atoms with Crippen molar-refractivity contribution < 1.29 is 4.79 Å². The van der Waals surface area contributed by atoms with E-state index in [2.05, 4.69) is 4.98 Å². The molecular formula is C15H16Cl2N2O. The maximum Gasteiger partial charge on any atom is 0.258 e. The summed E-state index contributed by atoms with van der Waals surface area (Å²) in [6.07, 6.45) is 2.91. The molecule has 0 aliphatic heterocycles. The molecule has 1 aromatic carbocycles. The normalized spacial score (nSPS) is 9.45. The molecule has 0 aliphatic carbocycles. The molecule has 1 heterocycles. The Bertz CT molecular complexity index is 553. The minimum atomic E-state index is -0.175. The van der Waals surface area contributed by atoms with Gasteiger partial charge in [0.05, 0.1) is 15.7 Å². The van der Waals surface area contributed by atoms with Crippen LogP contribution in [0.15, 0.2) is 42.7 Å². The predicted molar refractivity (Wildman–Crippen MR) is 84.8 cm³/mol. The van der Waals surface area contributed by atoms with Gasteiger partial charge in [0.2, 0.25) is 0 Å². The molecule has 2 rings (SSSR count). The maximum absolute atomic E-state index is 12.2. The lowest BCUT2D eigenvalue weighted by Gasteiger charge is -2.19. The highest BCUT2D eigenvalue weighted by Gasteiger charge is 2.18. The zero-order valence-electron chi connectivity index (χ0n) is 11.6. The van der Waals surface area contributed by atoms with Gasteiger partial charge in [0.15, 0.2) is 0 Å². The Kier molecular flexibility index (Phi) is 6.49. The summed E-state index contributed by atoms with van der Waals surface area (Å²) in [5, 5.41) is 0.684. The molecule has 106 valence electrons. The number of carbonyl (C=O) groups excluding carboxylic acids is 1. The number of aromatic nitrogens is 1. The van der Waals surface area contributed by atoms with E-state index in [1.54, 1.807) is 31.3 Å². The van der Waals surface area contributed by atoms with Gasteiger partial charge in [-0.2, -0.15) is 0 Å². The van der Waals surface area contributed by atoms with Crippen LogP contribution in [0.1, 0.15) is 24.2 Å². The Morgan fingerprint density at radius 2 is 1.55 bits per heavy atom. The number of amides is 1. The fraction of sp³-hybridized carbons (Fsp3) is 0.200. The van der Waals surface area contributed by atoms with Crippen molar-refractivity contribution >= 4 is 34.8 Å². The third-order valence-electron chi connectivity index (χ3n) is 2.49. The van der Waals surface area contributed by atoms with Crippen molar-refractivity contribution in [1.82, 2.24) is 4.98 Å². The second-order valence-corrected chi connectivity index (χ2v) is 4.50. The van der Waals surface area contributed by atoms with Crippen LogP contribution >= 0.6 is 23.2 Å². The number of carbonyl (C=O) groups is 1. The third-order valence-corrected chi connectivity index (χ3v) is 3.04. The van der Waals surface area contributed by atoms with Crippen LogP contribution in [0.5, 0.6) is 0 Å². The molecule has 0 N–H and O–H groups in total. The molecule has 1 amide bonds. The summed E-state index contributed by atoms with van der Waals surface area (Å²) in [7, 11) is 1.63. The predicted octanol–water partition coefficient (Wildman–Crippen LogP) is 4.69. The van der Waals surface area contributed by atoms with Gasteiger partial charge in [-0.1, -0.05) is 55.2 Å². The highest BCUT2D eigenvalue weighted by molar-refractivity contribution is 6.39. The van der Waals surface area contributed by atoms with E-state index >= 15 is 0 Å². The number of pyridine rings is 1. The van der Waals surface area contributed by atoms with Crippen LogP contribution < -0.4 is 4.90 Å². The Labute approximate surface area is 129 Å². The molecule has 0 atom stereocenters. The minimum Gasteiger partial charge on any atom is -0.309 e. The summed E-state index contributed by atoms with van der Waals surface area (Å²) in [5.41, 5.74) is 1.03. The van der Waals surface area contributed by atoms with Crippen molar-refractivity contribution in [1.29, 1.82) is 0 Å². The van der Waals surface area contributed by atoms with E-state index in [0.717, 1.165) is 0 Å². The van der Waals surface area contributed by atoms with E-state index in [-0.39, 0.29) is 5.91 Å². The van der Waals surface area contributed by atoms with Crippen molar-refractivity contribution in [3.05, 3.63) is 58.3 Å². The van der Waals surface area contributed by atoms with Crippen molar-refractivity contribution in [2.24, 2.45) is 0 Å². The quantitative estimate of drug-likeness (QED) is 0.806. The van der Waals surface area contributed by atoms with Crippen LogP contribution in [0.2, 0.25) is 10.0 Å². The topological polar surface area (TPSA) is 33.2 Å². The number of halogens is 2. The first-order valence-corrected chi connectivity index (χ1v) is 6.99. The molecule has 0 bridgehead atoms. The summed E-state index contributed by atoms with van der Waals surface area (Å²) in [6, 6.07) is 8.93. The van der Waals surface area contributed by atoms with Crippen LogP contribution in [-0.2, 0) is 0 Å². The number of rotatable bonds is 2. The van der Waals surface area contributed by atoms with Gasteiger partial charge >= 0.3 is 0 Å². The lowest BCUT2D eigenvalue weighted by atomic mass is 10.2. The van der Waals surface area contributed by atoms with Crippen LogP contribution in [-0.4, -0.2) is 17.9 Å². The van der Waals surface area contributed by atoms with Gasteiger partial charge in [0, 0.05) is 25.0 Å². The SMILES string of the molecule is CC.CN(C(=O)c1ccccc1)c1c(Cl)cncc1Cl. The number of hydrogen-bond donors (Lipinski definition) is 0. The fourth-order valence-electron chi connectivity index (χ4n) is 1.60. The van der Waals surface area contributed by atoms with Crippen LogP contribution in [0.4, 0.5) is 5.69 Å². The first kappa shape index (κ1) is 16.5. The molecule has 0 radical (unpaired) electrons. The molecule has 0 spiro atoms. The van der Waals surface area contributed by atoms with Crippen LogP contribution in [0.25, 0.3) is 0 Å². The van der Waals surface area contributed by atoms with E-state index in [1.165, 1.54) is 17.3 Å². The molecule has 0 saturated heterocycles. The number of benzene rings is 1. The van der Waals surface area contributed by atoms with Crippen molar-refractivity contribution in [3.8, 4) is 0 Å². The van der Waals surface area contributed by atoms with Gasteiger partial charge in [0.25, 0.3) is 5.91 Å². The average Bonchev–Trinajstić information content (AvgIpc) is 2.49. The molecular weight excluding hydrogens is 295 g/mol. The van der Waals surface area contributed by atoms with Crippen LogP contribution in [0, 0.1) is 0 Å². The summed E-state index contributed by atoms with van der Waals surface area (Å²) in [6.45, 7) is 4.00. The largest absolute Gasteiger partial charge is 0.309 e. The zero-order chi connectivity index (χ0) is 15.1. The second-order valence-electron chi connectivity index (χ2n) is 3.68. The van der Waals surface area contributed by atoms with E-state index in [1.807, 2.05) is 19.9 Å². The number of nitrogens with zero attached hydrogens (tertiary/aromatic N) is 2. The molecule has 2 aromatic rings. The fourth-order valence-corrected chi connectivity index (χ4v) is 2.22. The zero-order valence-corrected chi connectivity index (χ0v) is 13.1. The van der Waals surface area contributed by atoms with Gasteiger partial charge in [0.1, 0.15) is 0 Å². The van der Waals surface area contributed by atoms with Crippen molar-refractivity contribution in [3.63, 3.8) is 0 Å². The summed E-state index contributed by atoms with van der Waals surface area (Å²) in [4.78, 5) is 17.5. The lowest BCUT2D eigenvalue weighted by molar-refractivity contribution is 0.0993. The van der Waals surface area contributed by atoms with Gasteiger partial charge in [-0.25, -0.2) is 0 Å². The minimum absolute atomic E-state index is 0.175.